The van der Waals surface area contributed by atoms with E-state index in [9.17, 15) is 0 Å². The Bertz CT molecular complexity index is 4430. The first-order valence-electron chi connectivity index (χ1n) is 23.6. The van der Waals surface area contributed by atoms with Crippen molar-refractivity contribution < 1.29 is 4.42 Å². The maximum absolute atomic E-state index is 6.53. The van der Waals surface area contributed by atoms with E-state index in [1.807, 2.05) is 17.4 Å². The van der Waals surface area contributed by atoms with Gasteiger partial charge in [-0.3, -0.25) is 0 Å². The highest BCUT2D eigenvalue weighted by Gasteiger charge is 2.20. The minimum Gasteiger partial charge on any atom is -0.455 e. The zero-order valence-corrected chi connectivity index (χ0v) is 38.3. The Balaban J connectivity index is 1.09. The highest BCUT2D eigenvalue weighted by Crippen LogP contribution is 2.46. The molecule has 12 aromatic carbocycles. The summed E-state index contributed by atoms with van der Waals surface area (Å²) in [6, 6.07) is 91.1. The first-order valence-corrected chi connectivity index (χ1v) is 24.4. The molecule has 0 unspecified atom stereocenters. The Kier molecular flexibility index (Phi) is 9.11. The highest BCUT2D eigenvalue weighted by molar-refractivity contribution is 7.25. The first kappa shape index (κ1) is 39.4. The van der Waals surface area contributed by atoms with E-state index in [1.165, 1.54) is 74.0 Å². The number of para-hydroxylation sites is 3. The third-order valence-electron chi connectivity index (χ3n) is 14.1. The fourth-order valence-electron chi connectivity index (χ4n) is 10.9. The summed E-state index contributed by atoms with van der Waals surface area (Å²) in [5.41, 5.74) is 9.49. The Morgan fingerprint density at radius 3 is 1.48 bits per heavy atom. The molecule has 2 aromatic heterocycles. The van der Waals surface area contributed by atoms with E-state index in [1.54, 1.807) is 0 Å². The summed E-state index contributed by atoms with van der Waals surface area (Å²) in [6.07, 6.45) is 0. The fraction of sp³-hybridized carbons (Fsp3) is 0. The number of thiophene rings is 1. The van der Waals surface area contributed by atoms with E-state index in [4.69, 9.17) is 4.42 Å². The molecule has 0 bridgehead atoms. The average molecular weight is 896 g/mol. The molecule has 69 heavy (non-hydrogen) atoms. The third kappa shape index (κ3) is 6.39. The van der Waals surface area contributed by atoms with Crippen molar-refractivity contribution in [3.05, 3.63) is 249 Å². The van der Waals surface area contributed by atoms with Gasteiger partial charge >= 0.3 is 0 Å². The number of nitrogens with zero attached hydrogens (tertiary/aromatic N) is 1. The molecule has 0 aliphatic rings. The van der Waals surface area contributed by atoms with Crippen LogP contribution in [0.1, 0.15) is 0 Å². The number of hydrogen-bond acceptors (Lipinski definition) is 3. The van der Waals surface area contributed by atoms with Crippen molar-refractivity contribution in [1.82, 2.24) is 0 Å². The molecule has 0 fully saturated rings. The highest BCUT2D eigenvalue weighted by atomic mass is 32.1. The molecule has 0 saturated heterocycles. The second-order valence-electron chi connectivity index (χ2n) is 17.9. The second kappa shape index (κ2) is 16.0. The van der Waals surface area contributed by atoms with Gasteiger partial charge in [0.2, 0.25) is 0 Å². The van der Waals surface area contributed by atoms with Crippen molar-refractivity contribution in [3.63, 3.8) is 0 Å². The van der Waals surface area contributed by atoms with E-state index in [0.29, 0.717) is 0 Å². The number of furan rings is 1. The molecule has 0 N–H and O–H groups in total. The zero-order valence-electron chi connectivity index (χ0n) is 37.4. The van der Waals surface area contributed by atoms with Crippen LogP contribution in [0.2, 0.25) is 0 Å². The van der Waals surface area contributed by atoms with Gasteiger partial charge in [0.25, 0.3) is 0 Å². The van der Waals surface area contributed by atoms with Gasteiger partial charge in [0, 0.05) is 53.4 Å². The van der Waals surface area contributed by atoms with Crippen LogP contribution in [0.3, 0.4) is 0 Å². The average Bonchev–Trinajstić information content (AvgIpc) is 3.99. The van der Waals surface area contributed by atoms with Crippen LogP contribution in [0.5, 0.6) is 0 Å². The maximum atomic E-state index is 6.53. The molecule has 0 aliphatic heterocycles. The van der Waals surface area contributed by atoms with Crippen LogP contribution >= 0.6 is 11.3 Å². The van der Waals surface area contributed by atoms with Crippen molar-refractivity contribution >= 4 is 124 Å². The van der Waals surface area contributed by atoms with Crippen molar-refractivity contribution in [1.29, 1.82) is 0 Å². The van der Waals surface area contributed by atoms with Crippen LogP contribution in [-0.4, -0.2) is 0 Å². The molecular formula is C66H41NOS. The molecule has 0 saturated carbocycles. The molecule has 0 radical (unpaired) electrons. The maximum Gasteiger partial charge on any atom is 0.143 e. The summed E-state index contributed by atoms with van der Waals surface area (Å²) in [5, 5.41) is 16.9. The van der Waals surface area contributed by atoms with E-state index in [-0.39, 0.29) is 0 Å². The topological polar surface area (TPSA) is 16.4 Å². The van der Waals surface area contributed by atoms with Gasteiger partial charge in [-0.25, -0.2) is 0 Å². The first-order chi connectivity index (χ1) is 34.2. The van der Waals surface area contributed by atoms with E-state index < -0.39 is 0 Å². The van der Waals surface area contributed by atoms with E-state index in [0.717, 1.165) is 61.3 Å². The predicted octanol–water partition coefficient (Wildman–Crippen LogP) is 19.6. The van der Waals surface area contributed by atoms with Gasteiger partial charge in [-0.15, -0.1) is 11.3 Å². The Labute approximate surface area is 402 Å². The number of hydrogen-bond donors (Lipinski definition) is 0. The van der Waals surface area contributed by atoms with E-state index in [2.05, 4.69) is 248 Å². The third-order valence-corrected chi connectivity index (χ3v) is 15.2. The standard InChI is InChI=1S/C66H41NOS/c1-2-17-42(18-3-1)46-19-10-13-30-62(46)67(44-35-33-43(34-36-44)47-28-16-29-57-55-26-11-14-31-63(55)68-66(47)57)45-37-38-54-58(39-45)52-24-8-6-22-50(52)48-20-4-5-21-49(48)51-23-7-9-25-53(51)60-41-65-61(40-59(54)60)56-27-12-15-32-64(56)69-65/h1-41H. The molecule has 0 amide bonds. The van der Waals surface area contributed by atoms with Gasteiger partial charge in [-0.2, -0.15) is 0 Å². The van der Waals surface area contributed by atoms with Gasteiger partial charge in [-0.05, 0) is 120 Å². The van der Waals surface area contributed by atoms with Crippen LogP contribution in [0.25, 0.3) is 118 Å². The van der Waals surface area contributed by atoms with Crippen LogP contribution in [0.15, 0.2) is 253 Å². The Morgan fingerprint density at radius 1 is 0.275 bits per heavy atom. The van der Waals surface area contributed by atoms with Gasteiger partial charge in [0.05, 0.1) is 5.69 Å². The summed E-state index contributed by atoms with van der Waals surface area (Å²) in [7, 11) is 0. The zero-order chi connectivity index (χ0) is 45.4. The Morgan fingerprint density at radius 2 is 0.768 bits per heavy atom. The predicted molar refractivity (Wildman–Crippen MR) is 297 cm³/mol. The van der Waals surface area contributed by atoms with Gasteiger partial charge in [0.1, 0.15) is 11.2 Å². The second-order valence-corrected chi connectivity index (χ2v) is 19.0. The summed E-state index contributed by atoms with van der Waals surface area (Å²) in [6.45, 7) is 0. The quantitative estimate of drug-likeness (QED) is 0.171. The van der Waals surface area contributed by atoms with Crippen molar-refractivity contribution in [3.8, 4) is 22.3 Å². The molecule has 2 nitrogen and oxygen atoms in total. The smallest absolute Gasteiger partial charge is 0.143 e. The van der Waals surface area contributed by atoms with Gasteiger partial charge in [0.15, 0.2) is 0 Å². The summed E-state index contributed by atoms with van der Waals surface area (Å²) in [5.74, 6) is 0. The molecule has 3 heteroatoms. The molecule has 0 atom stereocenters. The lowest BCUT2D eigenvalue weighted by molar-refractivity contribution is 0.670. The number of rotatable bonds is 5. The number of benzene rings is 11. The SMILES string of the molecule is c1ccc(-c2ccccc2N(c2ccc(-c3cccc4c3oc3ccccc34)cc2)c2ccc3c(c2)c2ccccc2c2ccccc2c2ccccc2c2cc4sc5ccccc5c4cc32)cc1. The summed E-state index contributed by atoms with van der Waals surface area (Å²) >= 11 is 1.88. The van der Waals surface area contributed by atoms with Gasteiger partial charge in [-0.1, -0.05) is 194 Å². The van der Waals surface area contributed by atoms with E-state index >= 15 is 0 Å². The van der Waals surface area contributed by atoms with Crippen molar-refractivity contribution in [2.45, 2.75) is 0 Å². The molecule has 14 aromatic rings. The monoisotopic (exact) mass is 895 g/mol. The lowest BCUT2D eigenvalue weighted by Crippen LogP contribution is -2.11. The fourth-order valence-corrected chi connectivity index (χ4v) is 12.1. The molecule has 0 spiro atoms. The lowest BCUT2D eigenvalue weighted by atomic mass is 9.93. The molecule has 14 rings (SSSR count). The number of fused-ring (bicyclic) bond motifs is 16. The van der Waals surface area contributed by atoms with Crippen LogP contribution < -0.4 is 4.90 Å². The van der Waals surface area contributed by atoms with Crippen LogP contribution in [-0.2, 0) is 0 Å². The Hall–Kier alpha value is -8.76. The molecule has 322 valence electrons. The minimum absolute atomic E-state index is 0.899. The summed E-state index contributed by atoms with van der Waals surface area (Å²) < 4.78 is 9.12. The van der Waals surface area contributed by atoms with Crippen LogP contribution in [0, 0.1) is 0 Å². The summed E-state index contributed by atoms with van der Waals surface area (Å²) in [4.78, 5) is 2.44. The molecule has 2 heterocycles. The van der Waals surface area contributed by atoms with Gasteiger partial charge < -0.3 is 9.32 Å². The normalized spacial score (nSPS) is 11.8. The van der Waals surface area contributed by atoms with Crippen LogP contribution in [0.4, 0.5) is 17.1 Å². The lowest BCUT2D eigenvalue weighted by Gasteiger charge is -2.28. The van der Waals surface area contributed by atoms with Crippen molar-refractivity contribution in [2.24, 2.45) is 0 Å². The minimum atomic E-state index is 0.899. The van der Waals surface area contributed by atoms with Crippen molar-refractivity contribution in [2.75, 3.05) is 4.90 Å². The molecular weight excluding hydrogens is 855 g/mol. The number of anilines is 3. The largest absolute Gasteiger partial charge is 0.455 e. The molecule has 0 aliphatic carbocycles.